The molecule has 4 nitrogen and oxygen atoms in total. The van der Waals surface area contributed by atoms with Crippen LogP contribution < -0.4 is 10.1 Å². The zero-order chi connectivity index (χ0) is 14.5. The maximum Gasteiger partial charge on any atom is 0.219 e. The summed E-state index contributed by atoms with van der Waals surface area (Å²) in [6.07, 6.45) is 3.39. The Bertz CT molecular complexity index is 587. The number of ether oxygens (including phenoxy) is 1. The first-order valence-electron chi connectivity index (χ1n) is 6.52. The van der Waals surface area contributed by atoms with Gasteiger partial charge in [-0.15, -0.1) is 0 Å². The van der Waals surface area contributed by atoms with E-state index in [1.165, 1.54) is 0 Å². The molecule has 0 atom stereocenters. The maximum absolute atomic E-state index is 5.81. The average Bonchev–Trinajstić information content (AvgIpc) is 2.38. The molecule has 0 saturated heterocycles. The van der Waals surface area contributed by atoms with E-state index >= 15 is 0 Å². The second-order valence-electron chi connectivity index (χ2n) is 4.86. The third kappa shape index (κ3) is 4.02. The van der Waals surface area contributed by atoms with E-state index in [2.05, 4.69) is 51.1 Å². The van der Waals surface area contributed by atoms with E-state index in [9.17, 15) is 0 Å². The summed E-state index contributed by atoms with van der Waals surface area (Å²) in [7, 11) is 1.92. The monoisotopic (exact) mass is 335 g/mol. The van der Waals surface area contributed by atoms with Gasteiger partial charge in [-0.3, -0.25) is 4.98 Å². The number of hydrogen-bond donors (Lipinski definition) is 1. The third-order valence-corrected chi connectivity index (χ3v) is 3.19. The molecule has 1 N–H and O–H groups in total. The first-order chi connectivity index (χ1) is 9.58. The highest BCUT2D eigenvalue weighted by Crippen LogP contribution is 2.25. The van der Waals surface area contributed by atoms with E-state index in [0.29, 0.717) is 17.5 Å². The highest BCUT2D eigenvalue weighted by atomic mass is 79.9. The van der Waals surface area contributed by atoms with Gasteiger partial charge in [0.2, 0.25) is 5.88 Å². The number of halogens is 1. The van der Waals surface area contributed by atoms with Gasteiger partial charge in [-0.05, 0) is 46.6 Å². The van der Waals surface area contributed by atoms with Crippen LogP contribution in [0.1, 0.15) is 31.0 Å². The highest BCUT2D eigenvalue weighted by Gasteiger charge is 2.08. The molecule has 0 spiro atoms. The van der Waals surface area contributed by atoms with Crippen molar-refractivity contribution < 1.29 is 4.74 Å². The Morgan fingerprint density at radius 1 is 1.25 bits per heavy atom. The van der Waals surface area contributed by atoms with Crippen molar-refractivity contribution in [3.8, 4) is 11.6 Å². The normalized spacial score (nSPS) is 10.8. The summed E-state index contributed by atoms with van der Waals surface area (Å²) in [4.78, 5) is 8.63. The number of nitrogens with one attached hydrogen (secondary N) is 1. The molecule has 2 rings (SSSR count). The van der Waals surface area contributed by atoms with E-state index in [1.807, 2.05) is 19.2 Å². The molecule has 0 amide bonds. The van der Waals surface area contributed by atoms with Crippen LogP contribution in [0.15, 0.2) is 35.1 Å². The van der Waals surface area contributed by atoms with E-state index in [4.69, 9.17) is 4.74 Å². The van der Waals surface area contributed by atoms with Crippen LogP contribution in [0.2, 0.25) is 0 Å². The molecule has 0 radical (unpaired) electrons. The highest BCUT2D eigenvalue weighted by molar-refractivity contribution is 9.10. The van der Waals surface area contributed by atoms with E-state index in [-0.39, 0.29) is 0 Å². The van der Waals surface area contributed by atoms with Gasteiger partial charge in [0, 0.05) is 29.0 Å². The van der Waals surface area contributed by atoms with Crippen molar-refractivity contribution in [1.82, 2.24) is 15.3 Å². The lowest BCUT2D eigenvalue weighted by Gasteiger charge is -2.11. The molecule has 20 heavy (non-hydrogen) atoms. The van der Waals surface area contributed by atoms with Crippen LogP contribution in [0.4, 0.5) is 0 Å². The first kappa shape index (κ1) is 14.9. The van der Waals surface area contributed by atoms with Gasteiger partial charge in [0.05, 0.1) is 6.20 Å². The summed E-state index contributed by atoms with van der Waals surface area (Å²) < 4.78 is 6.69. The molecule has 0 unspecified atom stereocenters. The molecule has 0 bridgehead atoms. The van der Waals surface area contributed by atoms with E-state index < -0.39 is 0 Å². The summed E-state index contributed by atoms with van der Waals surface area (Å²) in [5, 5.41) is 3.15. The van der Waals surface area contributed by atoms with Crippen molar-refractivity contribution in [2.75, 3.05) is 7.05 Å². The maximum atomic E-state index is 5.81. The molecule has 106 valence electrons. The fourth-order valence-corrected chi connectivity index (χ4v) is 2.15. The van der Waals surface area contributed by atoms with Crippen LogP contribution in [0.5, 0.6) is 11.6 Å². The van der Waals surface area contributed by atoms with Gasteiger partial charge in [-0.25, -0.2) is 4.98 Å². The lowest BCUT2D eigenvalue weighted by atomic mass is 10.1. The van der Waals surface area contributed by atoms with E-state index in [0.717, 1.165) is 22.3 Å². The van der Waals surface area contributed by atoms with Crippen LogP contribution in [-0.2, 0) is 6.54 Å². The van der Waals surface area contributed by atoms with Crippen molar-refractivity contribution in [2.45, 2.75) is 26.3 Å². The van der Waals surface area contributed by atoms with Crippen molar-refractivity contribution in [1.29, 1.82) is 0 Å². The third-order valence-electron chi connectivity index (χ3n) is 2.76. The topological polar surface area (TPSA) is 47.0 Å². The lowest BCUT2D eigenvalue weighted by molar-refractivity contribution is 0.456. The van der Waals surface area contributed by atoms with Crippen LogP contribution in [0.3, 0.4) is 0 Å². The number of pyridine rings is 2. The molecule has 5 heteroatoms. The Morgan fingerprint density at radius 3 is 2.70 bits per heavy atom. The molecule has 0 aliphatic rings. The first-order valence-corrected chi connectivity index (χ1v) is 7.31. The Morgan fingerprint density at radius 2 is 2.05 bits per heavy atom. The summed E-state index contributed by atoms with van der Waals surface area (Å²) in [5.74, 6) is 1.62. The predicted molar refractivity (Wildman–Crippen MR) is 83.1 cm³/mol. The molecule has 0 aliphatic heterocycles. The number of rotatable bonds is 5. The zero-order valence-electron chi connectivity index (χ0n) is 11.9. The minimum atomic E-state index is 0.356. The Labute approximate surface area is 127 Å². The molecule has 0 aromatic carbocycles. The van der Waals surface area contributed by atoms with E-state index in [1.54, 1.807) is 12.4 Å². The standard InChI is InChI=1S/C15H18BrN3O/c1-10(2)14-4-11(7-17-3)5-15(19-14)20-13-6-12(16)8-18-9-13/h4-6,8-10,17H,7H2,1-3H3. The summed E-state index contributed by atoms with van der Waals surface area (Å²) in [5.41, 5.74) is 2.18. The molecular formula is C15H18BrN3O. The number of aromatic nitrogens is 2. The summed E-state index contributed by atoms with van der Waals surface area (Å²) in [6.45, 7) is 5.03. The molecule has 0 saturated carbocycles. The fraction of sp³-hybridized carbons (Fsp3) is 0.333. The minimum Gasteiger partial charge on any atom is -0.437 e. The quantitative estimate of drug-likeness (QED) is 0.900. The molecule has 2 heterocycles. The number of nitrogens with zero attached hydrogens (tertiary/aromatic N) is 2. The summed E-state index contributed by atoms with van der Waals surface area (Å²) >= 11 is 3.38. The SMILES string of the molecule is CNCc1cc(Oc2cncc(Br)c2)nc(C(C)C)c1. The number of hydrogen-bond acceptors (Lipinski definition) is 4. The molecule has 0 aliphatic carbocycles. The van der Waals surface area contributed by atoms with Gasteiger partial charge in [-0.1, -0.05) is 13.8 Å². The van der Waals surface area contributed by atoms with Gasteiger partial charge in [-0.2, -0.15) is 0 Å². The second kappa shape index (κ2) is 6.81. The molecular weight excluding hydrogens is 318 g/mol. The zero-order valence-corrected chi connectivity index (χ0v) is 13.4. The fourth-order valence-electron chi connectivity index (χ4n) is 1.81. The average molecular weight is 336 g/mol. The minimum absolute atomic E-state index is 0.356. The van der Waals surface area contributed by atoms with Gasteiger partial charge < -0.3 is 10.1 Å². The van der Waals surface area contributed by atoms with Crippen LogP contribution in [0, 0.1) is 0 Å². The van der Waals surface area contributed by atoms with Gasteiger partial charge in [0.25, 0.3) is 0 Å². The smallest absolute Gasteiger partial charge is 0.219 e. The van der Waals surface area contributed by atoms with Gasteiger partial charge in [0.1, 0.15) is 5.75 Å². The van der Waals surface area contributed by atoms with Crippen molar-refractivity contribution in [3.63, 3.8) is 0 Å². The predicted octanol–water partition coefficient (Wildman–Crippen LogP) is 3.87. The van der Waals surface area contributed by atoms with Crippen molar-refractivity contribution >= 4 is 15.9 Å². The van der Waals surface area contributed by atoms with Gasteiger partial charge >= 0.3 is 0 Å². The molecule has 0 fully saturated rings. The van der Waals surface area contributed by atoms with Crippen molar-refractivity contribution in [2.24, 2.45) is 0 Å². The van der Waals surface area contributed by atoms with Crippen LogP contribution in [-0.4, -0.2) is 17.0 Å². The lowest BCUT2D eigenvalue weighted by Crippen LogP contribution is -2.07. The van der Waals surface area contributed by atoms with Crippen LogP contribution >= 0.6 is 15.9 Å². The Kier molecular flexibility index (Phi) is 5.09. The largest absolute Gasteiger partial charge is 0.437 e. The van der Waals surface area contributed by atoms with Crippen molar-refractivity contribution in [3.05, 3.63) is 46.3 Å². The summed E-state index contributed by atoms with van der Waals surface area (Å²) in [6, 6.07) is 5.92. The Balaban J connectivity index is 2.30. The Hall–Kier alpha value is -1.46. The van der Waals surface area contributed by atoms with Gasteiger partial charge in [0.15, 0.2) is 0 Å². The molecule has 2 aromatic rings. The second-order valence-corrected chi connectivity index (χ2v) is 5.78. The van der Waals surface area contributed by atoms with Crippen LogP contribution in [0.25, 0.3) is 0 Å². The molecule has 2 aromatic heterocycles.